The lowest BCUT2D eigenvalue weighted by molar-refractivity contribution is 0.396. The van der Waals surface area contributed by atoms with Crippen molar-refractivity contribution in [1.82, 2.24) is 5.73 Å². The number of nitrogens with zero attached hydrogens (tertiary/aromatic N) is 5. The van der Waals surface area contributed by atoms with Crippen molar-refractivity contribution in [3.8, 4) is 30.3 Å². The number of nitriles is 5. The Bertz CT molecular complexity index is 395. The lowest BCUT2D eigenvalue weighted by atomic mass is 9.72. The quantitative estimate of drug-likeness (QED) is 0.591. The summed E-state index contributed by atoms with van der Waals surface area (Å²) in [6, 6.07) is 6.78. The lowest BCUT2D eigenvalue weighted by Gasteiger charge is -2.23. The van der Waals surface area contributed by atoms with Gasteiger partial charge in [0.15, 0.2) is 5.54 Å². The average molecular weight is 183 g/mol. The second kappa shape index (κ2) is 3.88. The van der Waals surface area contributed by atoms with E-state index >= 15 is 0 Å². The van der Waals surface area contributed by atoms with Gasteiger partial charge >= 0.3 is 0 Å². The van der Waals surface area contributed by atoms with Crippen molar-refractivity contribution < 1.29 is 0 Å². The van der Waals surface area contributed by atoms with E-state index in [4.69, 9.17) is 32.0 Å². The fourth-order valence-electron chi connectivity index (χ4n) is 0.736. The van der Waals surface area contributed by atoms with Crippen LogP contribution in [0.25, 0.3) is 0 Å². The monoisotopic (exact) mass is 183 g/mol. The molecule has 0 rings (SSSR count). The van der Waals surface area contributed by atoms with Gasteiger partial charge in [-0.2, -0.15) is 26.3 Å². The van der Waals surface area contributed by atoms with Crippen LogP contribution in [0.1, 0.15) is 6.42 Å². The molecule has 14 heavy (non-hydrogen) atoms. The summed E-state index contributed by atoms with van der Waals surface area (Å²) in [6.07, 6.45) is -0.668. The Morgan fingerprint density at radius 3 is 1.50 bits per heavy atom. The summed E-state index contributed by atoms with van der Waals surface area (Å²) in [6.45, 7) is 0. The van der Waals surface area contributed by atoms with E-state index in [1.807, 2.05) is 0 Å². The summed E-state index contributed by atoms with van der Waals surface area (Å²) in [7, 11) is 0. The van der Waals surface area contributed by atoms with E-state index in [2.05, 4.69) is 0 Å². The minimum absolute atomic E-state index is 0.668. The molecule has 0 aliphatic heterocycles. The first-order chi connectivity index (χ1) is 6.55. The molecule has 0 heterocycles. The summed E-state index contributed by atoms with van der Waals surface area (Å²) < 4.78 is 0. The summed E-state index contributed by atoms with van der Waals surface area (Å²) >= 11 is 0. The Hall–Kier alpha value is -2.59. The highest BCUT2D eigenvalue weighted by molar-refractivity contribution is 5.40. The average Bonchev–Trinajstić information content (AvgIpc) is 2.21. The van der Waals surface area contributed by atoms with E-state index in [1.165, 1.54) is 30.3 Å². The molecular formula is C8H3N6. The van der Waals surface area contributed by atoms with Crippen LogP contribution in [0.3, 0.4) is 0 Å². The lowest BCUT2D eigenvalue weighted by Crippen LogP contribution is -2.46. The van der Waals surface area contributed by atoms with Gasteiger partial charge in [-0.05, 0) is 0 Å². The van der Waals surface area contributed by atoms with Gasteiger partial charge in [-0.25, -0.2) is 5.73 Å². The van der Waals surface area contributed by atoms with Crippen molar-refractivity contribution in [2.75, 3.05) is 0 Å². The van der Waals surface area contributed by atoms with Crippen LogP contribution in [0.4, 0.5) is 0 Å². The van der Waals surface area contributed by atoms with Gasteiger partial charge < -0.3 is 0 Å². The Balaban J connectivity index is 5.62. The smallest absolute Gasteiger partial charge is 0.232 e. The zero-order valence-corrected chi connectivity index (χ0v) is 6.94. The van der Waals surface area contributed by atoms with Gasteiger partial charge in [0.1, 0.15) is 18.2 Å². The van der Waals surface area contributed by atoms with Gasteiger partial charge in [0.25, 0.3) is 5.41 Å². The molecule has 0 spiro atoms. The standard InChI is InChI=1S/C8H3N6/c9-2-1-8(14,6-13)7(3-10,4-11)5-12/h14H,1H2. The largest absolute Gasteiger partial charge is 0.261 e. The van der Waals surface area contributed by atoms with Crippen LogP contribution in [0.5, 0.6) is 0 Å². The van der Waals surface area contributed by atoms with Crippen molar-refractivity contribution in [2.24, 2.45) is 5.41 Å². The summed E-state index contributed by atoms with van der Waals surface area (Å²) in [5.41, 5.74) is 2.67. The second-order valence-electron chi connectivity index (χ2n) is 2.44. The van der Waals surface area contributed by atoms with Crippen molar-refractivity contribution in [1.29, 1.82) is 26.3 Å². The molecule has 0 fully saturated rings. The van der Waals surface area contributed by atoms with Crippen LogP contribution in [-0.4, -0.2) is 5.54 Å². The Labute approximate surface area is 80.6 Å². The van der Waals surface area contributed by atoms with Crippen molar-refractivity contribution >= 4 is 0 Å². The second-order valence-corrected chi connectivity index (χ2v) is 2.44. The van der Waals surface area contributed by atoms with Crippen LogP contribution >= 0.6 is 0 Å². The van der Waals surface area contributed by atoms with Gasteiger partial charge in [0.2, 0.25) is 0 Å². The topological polar surface area (TPSA) is 143 Å². The molecule has 0 aromatic rings. The summed E-state index contributed by atoms with van der Waals surface area (Å²) in [5, 5.41) is 42.7. The molecule has 1 atom stereocenters. The molecule has 0 amide bonds. The third kappa shape index (κ3) is 1.33. The SMILES string of the molecule is N#CCC([NH])(C#N)C(C#N)(C#N)C#N. The molecule has 6 heteroatoms. The van der Waals surface area contributed by atoms with Crippen LogP contribution in [-0.2, 0) is 0 Å². The Kier molecular flexibility index (Phi) is 3.16. The molecule has 0 aromatic heterocycles. The first kappa shape index (κ1) is 11.4. The maximum Gasteiger partial charge on any atom is 0.261 e. The number of hydrogen-bond acceptors (Lipinski definition) is 5. The maximum absolute atomic E-state index is 8.60. The maximum atomic E-state index is 8.60. The first-order valence-electron chi connectivity index (χ1n) is 3.33. The molecular weight excluding hydrogens is 180 g/mol. The number of hydrogen-bond donors (Lipinski definition) is 0. The highest BCUT2D eigenvalue weighted by Crippen LogP contribution is 2.31. The van der Waals surface area contributed by atoms with E-state index in [-0.39, 0.29) is 0 Å². The molecule has 0 saturated carbocycles. The molecule has 1 N–H and O–H groups in total. The zero-order valence-electron chi connectivity index (χ0n) is 6.94. The molecule has 1 radical (unpaired) electrons. The van der Waals surface area contributed by atoms with E-state index in [0.717, 1.165) is 0 Å². The predicted octanol–water partition coefficient (Wildman–Crippen LogP) is 0.00250. The Morgan fingerprint density at radius 2 is 1.29 bits per heavy atom. The molecule has 0 aliphatic carbocycles. The Morgan fingerprint density at radius 1 is 0.857 bits per heavy atom. The molecule has 6 nitrogen and oxygen atoms in total. The summed E-state index contributed by atoms with van der Waals surface area (Å²) in [4.78, 5) is 0. The molecule has 65 valence electrons. The van der Waals surface area contributed by atoms with Gasteiger partial charge in [-0.15, -0.1) is 0 Å². The fraction of sp³-hybridized carbons (Fsp3) is 0.375. The third-order valence-corrected chi connectivity index (χ3v) is 1.68. The highest BCUT2D eigenvalue weighted by atomic mass is 14.8. The number of nitrogens with one attached hydrogen (secondary N) is 1. The third-order valence-electron chi connectivity index (χ3n) is 1.68. The van der Waals surface area contributed by atoms with Crippen LogP contribution in [0.2, 0.25) is 0 Å². The van der Waals surface area contributed by atoms with Crippen molar-refractivity contribution in [3.05, 3.63) is 0 Å². The normalized spacial score (nSPS) is 13.1. The minimum atomic E-state index is -2.42. The molecule has 1 unspecified atom stereocenters. The van der Waals surface area contributed by atoms with Gasteiger partial charge in [-0.1, -0.05) is 0 Å². The van der Waals surface area contributed by atoms with E-state index in [9.17, 15) is 0 Å². The van der Waals surface area contributed by atoms with Crippen LogP contribution in [0, 0.1) is 62.1 Å². The van der Waals surface area contributed by atoms with E-state index in [1.54, 1.807) is 0 Å². The van der Waals surface area contributed by atoms with Gasteiger partial charge in [-0.3, -0.25) is 0 Å². The molecule has 0 aliphatic rings. The number of rotatable bonds is 2. The fourth-order valence-corrected chi connectivity index (χ4v) is 0.736. The summed E-state index contributed by atoms with van der Waals surface area (Å²) in [5.74, 6) is 0. The zero-order chi connectivity index (χ0) is 11.2. The van der Waals surface area contributed by atoms with Crippen molar-refractivity contribution in [3.63, 3.8) is 0 Å². The van der Waals surface area contributed by atoms with Crippen molar-refractivity contribution in [2.45, 2.75) is 12.0 Å². The molecule has 0 bridgehead atoms. The predicted molar refractivity (Wildman–Crippen MR) is 40.9 cm³/mol. The highest BCUT2D eigenvalue weighted by Gasteiger charge is 2.53. The molecule has 0 saturated heterocycles. The van der Waals surface area contributed by atoms with E-state index in [0.29, 0.717) is 0 Å². The minimum Gasteiger partial charge on any atom is -0.232 e. The van der Waals surface area contributed by atoms with Gasteiger partial charge in [0, 0.05) is 0 Å². The molecule has 0 aromatic carbocycles. The first-order valence-corrected chi connectivity index (χ1v) is 3.33. The van der Waals surface area contributed by atoms with Crippen LogP contribution < -0.4 is 5.73 Å². The van der Waals surface area contributed by atoms with Crippen LogP contribution in [0.15, 0.2) is 0 Å². The van der Waals surface area contributed by atoms with Gasteiger partial charge in [0.05, 0.1) is 18.6 Å². The van der Waals surface area contributed by atoms with E-state index < -0.39 is 17.4 Å².